The minimum Gasteiger partial charge on any atom is -0.389 e. The average molecular weight is 225 g/mol. The molecule has 0 spiro atoms. The number of hydrogen-bond donors (Lipinski definition) is 2. The van der Waals surface area contributed by atoms with Crippen LogP contribution >= 0.6 is 0 Å². The van der Waals surface area contributed by atoms with E-state index in [0.29, 0.717) is 12.1 Å². The van der Waals surface area contributed by atoms with E-state index in [2.05, 4.69) is 0 Å². The van der Waals surface area contributed by atoms with E-state index in [0.717, 1.165) is 0 Å². The first-order valence-electron chi connectivity index (χ1n) is 5.46. The fraction of sp³-hybridized carbons (Fsp3) is 0.538. The summed E-state index contributed by atoms with van der Waals surface area (Å²) in [5.41, 5.74) is 4.68. The minimum absolute atomic E-state index is 0.268. The highest BCUT2D eigenvalue weighted by Gasteiger charge is 2.38. The molecule has 0 radical (unpaired) electrons. The molecule has 0 amide bonds. The van der Waals surface area contributed by atoms with E-state index in [4.69, 9.17) is 5.73 Å². The summed E-state index contributed by atoms with van der Waals surface area (Å²) in [6.07, 6.45) is 0.268. The van der Waals surface area contributed by atoms with Crippen LogP contribution in [-0.2, 0) is 6.42 Å². The summed E-state index contributed by atoms with van der Waals surface area (Å²) in [7, 11) is 0. The predicted octanol–water partition coefficient (Wildman–Crippen LogP) is 2.10. The molecule has 1 aromatic rings. The largest absolute Gasteiger partial charge is 0.389 e. The van der Waals surface area contributed by atoms with E-state index >= 15 is 0 Å². The van der Waals surface area contributed by atoms with Gasteiger partial charge in [-0.3, -0.25) is 0 Å². The van der Waals surface area contributed by atoms with Crippen LogP contribution < -0.4 is 5.73 Å². The Bertz CT molecular complexity index is 361. The lowest BCUT2D eigenvalue weighted by molar-refractivity contribution is -0.0461. The van der Waals surface area contributed by atoms with Crippen molar-refractivity contribution < 1.29 is 9.50 Å². The summed E-state index contributed by atoms with van der Waals surface area (Å²) in [5.74, 6) is -0.282. The van der Waals surface area contributed by atoms with Crippen LogP contribution in [0.3, 0.4) is 0 Å². The molecule has 0 aliphatic carbocycles. The molecule has 3 heteroatoms. The number of halogens is 1. The Balaban J connectivity index is 2.93. The van der Waals surface area contributed by atoms with Gasteiger partial charge in [0.2, 0.25) is 0 Å². The Labute approximate surface area is 96.3 Å². The molecule has 0 fully saturated rings. The highest BCUT2D eigenvalue weighted by molar-refractivity contribution is 5.20. The Morgan fingerprint density at radius 2 is 1.81 bits per heavy atom. The van der Waals surface area contributed by atoms with E-state index < -0.39 is 11.0 Å². The maximum absolute atomic E-state index is 13.5. The molecule has 0 aliphatic heterocycles. The first kappa shape index (κ1) is 13.1. The summed E-state index contributed by atoms with van der Waals surface area (Å²) in [6, 6.07) is 6.50. The first-order chi connectivity index (χ1) is 7.30. The van der Waals surface area contributed by atoms with Gasteiger partial charge in [-0.1, -0.05) is 32.0 Å². The lowest BCUT2D eigenvalue weighted by Crippen LogP contribution is -2.48. The Morgan fingerprint density at radius 1 is 1.25 bits per heavy atom. The van der Waals surface area contributed by atoms with Gasteiger partial charge < -0.3 is 10.8 Å². The summed E-state index contributed by atoms with van der Waals surface area (Å²) in [5, 5.41) is 10.4. The van der Waals surface area contributed by atoms with Gasteiger partial charge in [0.15, 0.2) is 0 Å². The normalized spacial score (nSPS) is 15.9. The van der Waals surface area contributed by atoms with Gasteiger partial charge in [-0.25, -0.2) is 4.39 Å². The molecule has 0 bridgehead atoms. The molecule has 0 aromatic heterocycles. The minimum atomic E-state index is -1.02. The Morgan fingerprint density at radius 3 is 2.31 bits per heavy atom. The number of aliphatic hydroxyl groups is 1. The molecule has 3 N–H and O–H groups in total. The molecule has 1 rings (SSSR count). The van der Waals surface area contributed by atoms with Crippen molar-refractivity contribution in [3.63, 3.8) is 0 Å². The van der Waals surface area contributed by atoms with Gasteiger partial charge in [-0.15, -0.1) is 0 Å². The van der Waals surface area contributed by atoms with E-state index in [1.807, 2.05) is 13.8 Å². The van der Waals surface area contributed by atoms with Crippen molar-refractivity contribution in [3.05, 3.63) is 35.6 Å². The zero-order chi connectivity index (χ0) is 12.4. The second kappa shape index (κ2) is 4.52. The van der Waals surface area contributed by atoms with Crippen molar-refractivity contribution >= 4 is 0 Å². The highest BCUT2D eigenvalue weighted by Crippen LogP contribution is 2.33. The highest BCUT2D eigenvalue weighted by atomic mass is 19.1. The predicted molar refractivity (Wildman–Crippen MR) is 63.6 cm³/mol. The fourth-order valence-corrected chi connectivity index (χ4v) is 1.47. The van der Waals surface area contributed by atoms with E-state index in [1.54, 1.807) is 25.1 Å². The van der Waals surface area contributed by atoms with Crippen LogP contribution in [0.2, 0.25) is 0 Å². The SMILES string of the molecule is CC(C)(CN)C(C)(O)Cc1ccccc1F. The second-order valence-corrected chi connectivity index (χ2v) is 5.13. The second-order valence-electron chi connectivity index (χ2n) is 5.13. The lowest BCUT2D eigenvalue weighted by Gasteiger charge is -2.39. The third-order valence-corrected chi connectivity index (χ3v) is 3.46. The molecular formula is C13H20FNO. The van der Waals surface area contributed by atoms with Crippen LogP contribution in [0.15, 0.2) is 24.3 Å². The molecule has 1 atom stereocenters. The molecule has 90 valence electrons. The van der Waals surface area contributed by atoms with Gasteiger partial charge in [0.1, 0.15) is 5.82 Å². The summed E-state index contributed by atoms with van der Waals surface area (Å²) in [4.78, 5) is 0. The zero-order valence-electron chi connectivity index (χ0n) is 10.1. The molecule has 2 nitrogen and oxygen atoms in total. The lowest BCUT2D eigenvalue weighted by atomic mass is 9.73. The van der Waals surface area contributed by atoms with Crippen LogP contribution in [-0.4, -0.2) is 17.3 Å². The van der Waals surface area contributed by atoms with Crippen LogP contribution in [0.4, 0.5) is 4.39 Å². The van der Waals surface area contributed by atoms with Gasteiger partial charge >= 0.3 is 0 Å². The van der Waals surface area contributed by atoms with E-state index in [9.17, 15) is 9.50 Å². The number of benzene rings is 1. The topological polar surface area (TPSA) is 46.2 Å². The van der Waals surface area contributed by atoms with E-state index in [1.165, 1.54) is 6.07 Å². The quantitative estimate of drug-likeness (QED) is 0.824. The van der Waals surface area contributed by atoms with Crippen molar-refractivity contribution in [1.29, 1.82) is 0 Å². The molecular weight excluding hydrogens is 205 g/mol. The number of nitrogens with two attached hydrogens (primary N) is 1. The van der Waals surface area contributed by atoms with Crippen LogP contribution in [0.25, 0.3) is 0 Å². The molecule has 0 saturated carbocycles. The van der Waals surface area contributed by atoms with Gasteiger partial charge in [-0.05, 0) is 18.6 Å². The van der Waals surface area contributed by atoms with Gasteiger partial charge in [0, 0.05) is 18.4 Å². The van der Waals surface area contributed by atoms with Crippen molar-refractivity contribution in [1.82, 2.24) is 0 Å². The third-order valence-electron chi connectivity index (χ3n) is 3.46. The van der Waals surface area contributed by atoms with Gasteiger partial charge in [-0.2, -0.15) is 0 Å². The molecule has 1 unspecified atom stereocenters. The Kier molecular flexibility index (Phi) is 3.71. The standard InChI is InChI=1S/C13H20FNO/c1-12(2,9-15)13(3,16)8-10-6-4-5-7-11(10)14/h4-7,16H,8-9,15H2,1-3H3. The molecule has 1 aromatic carbocycles. The van der Waals surface area contributed by atoms with Crippen LogP contribution in [0, 0.1) is 11.2 Å². The number of hydrogen-bond acceptors (Lipinski definition) is 2. The first-order valence-corrected chi connectivity index (χ1v) is 5.46. The Hall–Kier alpha value is -0.930. The number of rotatable bonds is 4. The van der Waals surface area contributed by atoms with Gasteiger partial charge in [0.05, 0.1) is 5.60 Å². The zero-order valence-corrected chi connectivity index (χ0v) is 10.1. The van der Waals surface area contributed by atoms with Crippen LogP contribution in [0.5, 0.6) is 0 Å². The summed E-state index contributed by atoms with van der Waals surface area (Å²) in [6.45, 7) is 5.82. The maximum atomic E-state index is 13.5. The van der Waals surface area contributed by atoms with Crippen molar-refractivity contribution in [3.8, 4) is 0 Å². The molecule has 0 heterocycles. The van der Waals surface area contributed by atoms with Gasteiger partial charge in [0.25, 0.3) is 0 Å². The average Bonchev–Trinajstić information content (AvgIpc) is 2.21. The van der Waals surface area contributed by atoms with Crippen molar-refractivity contribution in [2.45, 2.75) is 32.8 Å². The molecule has 0 aliphatic rings. The molecule has 0 saturated heterocycles. The summed E-state index contributed by atoms with van der Waals surface area (Å²) < 4.78 is 13.5. The maximum Gasteiger partial charge on any atom is 0.126 e. The fourth-order valence-electron chi connectivity index (χ4n) is 1.47. The monoisotopic (exact) mass is 225 g/mol. The third kappa shape index (κ3) is 2.60. The smallest absolute Gasteiger partial charge is 0.126 e. The van der Waals surface area contributed by atoms with Crippen LogP contribution in [0.1, 0.15) is 26.3 Å². The molecule has 16 heavy (non-hydrogen) atoms. The van der Waals surface area contributed by atoms with Crippen molar-refractivity contribution in [2.75, 3.05) is 6.54 Å². The van der Waals surface area contributed by atoms with E-state index in [-0.39, 0.29) is 12.2 Å². The summed E-state index contributed by atoms with van der Waals surface area (Å²) >= 11 is 0. The van der Waals surface area contributed by atoms with Crippen molar-refractivity contribution in [2.24, 2.45) is 11.1 Å².